The second kappa shape index (κ2) is 7.59. The lowest BCUT2D eigenvalue weighted by molar-refractivity contribution is 0.102. The van der Waals surface area contributed by atoms with E-state index in [4.69, 9.17) is 0 Å². The van der Waals surface area contributed by atoms with Crippen molar-refractivity contribution in [3.63, 3.8) is 0 Å². The summed E-state index contributed by atoms with van der Waals surface area (Å²) in [7, 11) is -3.48. The molecule has 24 heavy (non-hydrogen) atoms. The van der Waals surface area contributed by atoms with E-state index in [1.807, 2.05) is 19.1 Å². The SMILES string of the molecule is CCN(CC)S(=O)(=O)c1ccc(NC(=O)c2ccc(C)cc2)cc1. The first-order valence-electron chi connectivity index (χ1n) is 7.86. The molecule has 0 fully saturated rings. The smallest absolute Gasteiger partial charge is 0.255 e. The van der Waals surface area contributed by atoms with Crippen LogP contribution in [0.5, 0.6) is 0 Å². The molecule has 0 atom stereocenters. The molecular weight excluding hydrogens is 324 g/mol. The Morgan fingerprint density at radius 2 is 1.50 bits per heavy atom. The van der Waals surface area contributed by atoms with Gasteiger partial charge in [-0.3, -0.25) is 4.79 Å². The molecule has 0 aromatic heterocycles. The van der Waals surface area contributed by atoms with Crippen LogP contribution in [-0.4, -0.2) is 31.7 Å². The van der Waals surface area contributed by atoms with E-state index in [1.54, 1.807) is 38.1 Å². The van der Waals surface area contributed by atoms with E-state index in [-0.39, 0.29) is 10.8 Å². The topological polar surface area (TPSA) is 66.5 Å². The Balaban J connectivity index is 2.15. The Hall–Kier alpha value is -2.18. The third kappa shape index (κ3) is 4.01. The zero-order valence-corrected chi connectivity index (χ0v) is 14.9. The van der Waals surface area contributed by atoms with E-state index in [1.165, 1.54) is 16.4 Å². The number of sulfonamides is 1. The third-order valence-corrected chi connectivity index (χ3v) is 5.83. The van der Waals surface area contributed by atoms with Crippen LogP contribution in [0.15, 0.2) is 53.4 Å². The van der Waals surface area contributed by atoms with Gasteiger partial charge >= 0.3 is 0 Å². The number of hydrogen-bond acceptors (Lipinski definition) is 3. The Morgan fingerprint density at radius 3 is 2.00 bits per heavy atom. The summed E-state index contributed by atoms with van der Waals surface area (Å²) >= 11 is 0. The van der Waals surface area contributed by atoms with Gasteiger partial charge in [-0.1, -0.05) is 31.5 Å². The number of nitrogens with one attached hydrogen (secondary N) is 1. The lowest BCUT2D eigenvalue weighted by atomic mass is 10.1. The number of rotatable bonds is 6. The minimum absolute atomic E-state index is 0.222. The van der Waals surface area contributed by atoms with Crippen molar-refractivity contribution in [3.8, 4) is 0 Å². The Labute approximate surface area is 143 Å². The highest BCUT2D eigenvalue weighted by molar-refractivity contribution is 7.89. The maximum absolute atomic E-state index is 12.4. The van der Waals surface area contributed by atoms with Crippen LogP contribution < -0.4 is 5.32 Å². The summed E-state index contributed by atoms with van der Waals surface area (Å²) in [5.41, 5.74) is 2.19. The van der Waals surface area contributed by atoms with E-state index in [2.05, 4.69) is 5.32 Å². The third-order valence-electron chi connectivity index (χ3n) is 3.77. The molecule has 0 aliphatic rings. The summed E-state index contributed by atoms with van der Waals surface area (Å²) in [6, 6.07) is 13.5. The maximum atomic E-state index is 12.4. The normalized spacial score (nSPS) is 11.5. The molecule has 0 aliphatic heterocycles. The van der Waals surface area contributed by atoms with Gasteiger partial charge in [0.2, 0.25) is 10.0 Å². The molecular formula is C18H22N2O3S. The molecule has 0 unspecified atom stereocenters. The molecule has 1 N–H and O–H groups in total. The molecule has 2 aromatic rings. The Bertz CT molecular complexity index is 793. The van der Waals surface area contributed by atoms with Crippen LogP contribution in [0.3, 0.4) is 0 Å². The van der Waals surface area contributed by atoms with Crippen molar-refractivity contribution in [1.82, 2.24) is 4.31 Å². The highest BCUT2D eigenvalue weighted by atomic mass is 32.2. The number of aryl methyl sites for hydroxylation is 1. The Kier molecular flexibility index (Phi) is 5.75. The molecule has 0 bridgehead atoms. The summed E-state index contributed by atoms with van der Waals surface area (Å²) in [6.45, 7) is 6.40. The quantitative estimate of drug-likeness (QED) is 0.873. The first-order valence-corrected chi connectivity index (χ1v) is 9.30. The fourth-order valence-corrected chi connectivity index (χ4v) is 3.79. The van der Waals surface area contributed by atoms with Crippen molar-refractivity contribution in [2.75, 3.05) is 18.4 Å². The van der Waals surface area contributed by atoms with Crippen LogP contribution >= 0.6 is 0 Å². The van der Waals surface area contributed by atoms with E-state index >= 15 is 0 Å². The highest BCUT2D eigenvalue weighted by Gasteiger charge is 2.21. The van der Waals surface area contributed by atoms with Gasteiger partial charge < -0.3 is 5.32 Å². The van der Waals surface area contributed by atoms with E-state index in [0.717, 1.165) is 5.56 Å². The number of nitrogens with zero attached hydrogens (tertiary/aromatic N) is 1. The first kappa shape index (κ1) is 18.2. The fourth-order valence-electron chi connectivity index (χ4n) is 2.33. The molecule has 1 amide bonds. The molecule has 0 saturated carbocycles. The standard InChI is InChI=1S/C18H22N2O3S/c1-4-20(5-2)24(22,23)17-12-10-16(11-13-17)19-18(21)15-8-6-14(3)7-9-15/h6-13H,4-5H2,1-3H3,(H,19,21). The molecule has 0 heterocycles. The minimum Gasteiger partial charge on any atom is -0.322 e. The van der Waals surface area contributed by atoms with Gasteiger partial charge in [0, 0.05) is 24.3 Å². The van der Waals surface area contributed by atoms with Gasteiger partial charge in [0.1, 0.15) is 0 Å². The second-order valence-electron chi connectivity index (χ2n) is 5.43. The van der Waals surface area contributed by atoms with Crippen LogP contribution in [0, 0.1) is 6.92 Å². The summed E-state index contributed by atoms with van der Waals surface area (Å²) in [4.78, 5) is 12.4. The Morgan fingerprint density at radius 1 is 0.958 bits per heavy atom. The molecule has 2 rings (SSSR count). The summed E-state index contributed by atoms with van der Waals surface area (Å²) in [6.07, 6.45) is 0. The molecule has 0 saturated heterocycles. The largest absolute Gasteiger partial charge is 0.322 e. The monoisotopic (exact) mass is 346 g/mol. The highest BCUT2D eigenvalue weighted by Crippen LogP contribution is 2.18. The fraction of sp³-hybridized carbons (Fsp3) is 0.278. The summed E-state index contributed by atoms with van der Waals surface area (Å²) in [5, 5.41) is 2.77. The number of carbonyl (C=O) groups is 1. The van der Waals surface area contributed by atoms with Crippen LogP contribution in [0.25, 0.3) is 0 Å². The second-order valence-corrected chi connectivity index (χ2v) is 7.37. The van der Waals surface area contributed by atoms with Crippen LogP contribution in [0.4, 0.5) is 5.69 Å². The average molecular weight is 346 g/mol. The van der Waals surface area contributed by atoms with Crippen LogP contribution in [0.1, 0.15) is 29.8 Å². The lowest BCUT2D eigenvalue weighted by Gasteiger charge is -2.18. The number of hydrogen-bond donors (Lipinski definition) is 1. The van der Waals surface area contributed by atoms with Crippen molar-refractivity contribution in [2.45, 2.75) is 25.7 Å². The van der Waals surface area contributed by atoms with E-state index in [0.29, 0.717) is 24.3 Å². The van der Waals surface area contributed by atoms with Crippen molar-refractivity contribution >= 4 is 21.6 Å². The number of benzene rings is 2. The minimum atomic E-state index is -3.48. The molecule has 2 aromatic carbocycles. The molecule has 6 heteroatoms. The van der Waals surface area contributed by atoms with Crippen LogP contribution in [0.2, 0.25) is 0 Å². The molecule has 0 aliphatic carbocycles. The first-order chi connectivity index (χ1) is 11.4. The lowest BCUT2D eigenvalue weighted by Crippen LogP contribution is -2.30. The van der Waals surface area contributed by atoms with Gasteiger partial charge in [0.15, 0.2) is 0 Å². The van der Waals surface area contributed by atoms with Crippen molar-refractivity contribution in [3.05, 3.63) is 59.7 Å². The van der Waals surface area contributed by atoms with Crippen molar-refractivity contribution in [2.24, 2.45) is 0 Å². The van der Waals surface area contributed by atoms with E-state index in [9.17, 15) is 13.2 Å². The van der Waals surface area contributed by atoms with Gasteiger partial charge in [0.25, 0.3) is 5.91 Å². The van der Waals surface area contributed by atoms with Gasteiger partial charge in [-0.2, -0.15) is 4.31 Å². The molecule has 5 nitrogen and oxygen atoms in total. The number of anilines is 1. The van der Waals surface area contributed by atoms with E-state index < -0.39 is 10.0 Å². The predicted molar refractivity (Wildman–Crippen MR) is 95.7 cm³/mol. The van der Waals surface area contributed by atoms with Gasteiger partial charge in [-0.05, 0) is 43.3 Å². The van der Waals surface area contributed by atoms with Crippen molar-refractivity contribution < 1.29 is 13.2 Å². The van der Waals surface area contributed by atoms with Crippen LogP contribution in [-0.2, 0) is 10.0 Å². The van der Waals surface area contributed by atoms with Gasteiger partial charge in [-0.25, -0.2) is 8.42 Å². The molecule has 128 valence electrons. The summed E-state index contributed by atoms with van der Waals surface area (Å²) < 4.78 is 26.2. The van der Waals surface area contributed by atoms with Gasteiger partial charge in [-0.15, -0.1) is 0 Å². The van der Waals surface area contributed by atoms with Gasteiger partial charge in [0.05, 0.1) is 4.90 Å². The summed E-state index contributed by atoms with van der Waals surface area (Å²) in [5.74, 6) is -0.227. The van der Waals surface area contributed by atoms with Crippen molar-refractivity contribution in [1.29, 1.82) is 0 Å². The molecule has 0 spiro atoms. The average Bonchev–Trinajstić information content (AvgIpc) is 2.56. The number of carbonyl (C=O) groups excluding carboxylic acids is 1. The zero-order valence-electron chi connectivity index (χ0n) is 14.1. The maximum Gasteiger partial charge on any atom is 0.255 e. The number of amides is 1. The molecule has 0 radical (unpaired) electrons. The zero-order chi connectivity index (χ0) is 17.7. The predicted octanol–water partition coefficient (Wildman–Crippen LogP) is 3.28.